The number of benzene rings is 3. The second kappa shape index (κ2) is 8.19. The van der Waals surface area contributed by atoms with E-state index in [-0.39, 0.29) is 17.9 Å². The van der Waals surface area contributed by atoms with Gasteiger partial charge in [0.15, 0.2) is 0 Å². The summed E-state index contributed by atoms with van der Waals surface area (Å²) in [5, 5.41) is 10.6. The molecule has 0 spiro atoms. The number of aromatic hydroxyl groups is 1. The highest BCUT2D eigenvalue weighted by Gasteiger charge is 2.20. The molecule has 0 saturated carbocycles. The molecule has 0 atom stereocenters. The number of carbonyl (C=O) groups is 2. The molecule has 3 aromatic carbocycles. The Balaban J connectivity index is 1.91. The van der Waals surface area contributed by atoms with Gasteiger partial charge in [-0.15, -0.1) is 0 Å². The summed E-state index contributed by atoms with van der Waals surface area (Å²) in [5.41, 5.74) is 2.00. The van der Waals surface area contributed by atoms with Gasteiger partial charge in [0.25, 0.3) is 0 Å². The van der Waals surface area contributed by atoms with Gasteiger partial charge < -0.3 is 14.6 Å². The van der Waals surface area contributed by atoms with Gasteiger partial charge in [0, 0.05) is 5.56 Å². The van der Waals surface area contributed by atoms with Crippen LogP contribution in [0.3, 0.4) is 0 Å². The van der Waals surface area contributed by atoms with Gasteiger partial charge in [-0.3, -0.25) is 0 Å². The predicted octanol–water partition coefficient (Wildman–Crippen LogP) is 4.20. The molecule has 0 heterocycles. The number of hydrogen-bond acceptors (Lipinski definition) is 5. The lowest BCUT2D eigenvalue weighted by Gasteiger charge is -2.12. The highest BCUT2D eigenvalue weighted by Crippen LogP contribution is 2.35. The van der Waals surface area contributed by atoms with E-state index in [1.165, 1.54) is 13.2 Å². The molecule has 0 aliphatic rings. The van der Waals surface area contributed by atoms with Crippen LogP contribution in [0.2, 0.25) is 0 Å². The molecule has 5 nitrogen and oxygen atoms in total. The van der Waals surface area contributed by atoms with Crippen LogP contribution in [0.5, 0.6) is 5.75 Å². The molecule has 0 unspecified atom stereocenters. The van der Waals surface area contributed by atoms with Crippen molar-refractivity contribution in [3.8, 4) is 16.9 Å². The first-order valence-electron chi connectivity index (χ1n) is 8.32. The smallest absolute Gasteiger partial charge is 0.342 e. The summed E-state index contributed by atoms with van der Waals surface area (Å²) in [6.07, 6.45) is 0. The fourth-order valence-electron chi connectivity index (χ4n) is 2.73. The molecule has 0 saturated heterocycles. The minimum atomic E-state index is -0.645. The number of phenolic OH excluding ortho intramolecular Hbond substituents is 1. The van der Waals surface area contributed by atoms with Crippen LogP contribution in [0.25, 0.3) is 11.1 Å². The molecule has 1 N–H and O–H groups in total. The second-order valence-corrected chi connectivity index (χ2v) is 5.80. The Hall–Kier alpha value is -3.60. The Morgan fingerprint density at radius 1 is 0.778 bits per heavy atom. The molecule has 27 heavy (non-hydrogen) atoms. The highest BCUT2D eigenvalue weighted by atomic mass is 16.5. The van der Waals surface area contributed by atoms with E-state index < -0.39 is 11.9 Å². The van der Waals surface area contributed by atoms with Gasteiger partial charge in [0.05, 0.1) is 12.7 Å². The lowest BCUT2D eigenvalue weighted by molar-refractivity contribution is 0.0469. The standard InChI is InChI=1S/C22H18O5/c1-26-21(24)18-11-6-5-10-16(18)17-12-7-13-19(20(17)23)22(25)27-14-15-8-3-2-4-9-15/h2-13,23H,14H2,1H3. The summed E-state index contributed by atoms with van der Waals surface area (Å²) in [4.78, 5) is 24.4. The molecule has 3 aromatic rings. The van der Waals surface area contributed by atoms with E-state index in [2.05, 4.69) is 0 Å². The first kappa shape index (κ1) is 18.2. The zero-order valence-corrected chi connectivity index (χ0v) is 14.7. The number of carbonyl (C=O) groups excluding carboxylic acids is 2. The molecule has 136 valence electrons. The quantitative estimate of drug-likeness (QED) is 0.689. The number of phenols is 1. The average molecular weight is 362 g/mol. The number of rotatable bonds is 5. The van der Waals surface area contributed by atoms with Gasteiger partial charge in [0.1, 0.15) is 17.9 Å². The van der Waals surface area contributed by atoms with Gasteiger partial charge in [-0.1, -0.05) is 60.7 Å². The van der Waals surface area contributed by atoms with E-state index in [4.69, 9.17) is 9.47 Å². The van der Waals surface area contributed by atoms with Gasteiger partial charge in [-0.25, -0.2) is 9.59 Å². The van der Waals surface area contributed by atoms with Gasteiger partial charge in [-0.2, -0.15) is 0 Å². The van der Waals surface area contributed by atoms with Crippen LogP contribution in [0.4, 0.5) is 0 Å². The Labute approximate surface area is 156 Å². The third-order valence-electron chi connectivity index (χ3n) is 4.09. The van der Waals surface area contributed by atoms with Crippen molar-refractivity contribution < 1.29 is 24.2 Å². The first-order valence-corrected chi connectivity index (χ1v) is 8.32. The van der Waals surface area contributed by atoms with E-state index in [0.717, 1.165) is 5.56 Å². The van der Waals surface area contributed by atoms with Crippen molar-refractivity contribution in [3.63, 3.8) is 0 Å². The van der Waals surface area contributed by atoms with Crippen molar-refractivity contribution in [2.75, 3.05) is 7.11 Å². The van der Waals surface area contributed by atoms with Crippen LogP contribution in [-0.2, 0) is 16.1 Å². The number of hydrogen-bond donors (Lipinski definition) is 1. The maximum atomic E-state index is 12.4. The number of esters is 2. The van der Waals surface area contributed by atoms with E-state index in [0.29, 0.717) is 16.7 Å². The van der Waals surface area contributed by atoms with Gasteiger partial charge in [-0.05, 0) is 23.3 Å². The van der Waals surface area contributed by atoms with Crippen LogP contribution < -0.4 is 0 Å². The molecular formula is C22H18O5. The van der Waals surface area contributed by atoms with E-state index in [1.807, 2.05) is 30.3 Å². The Bertz CT molecular complexity index is 963. The molecule has 0 bridgehead atoms. The van der Waals surface area contributed by atoms with Crippen molar-refractivity contribution in [2.45, 2.75) is 6.61 Å². The van der Waals surface area contributed by atoms with Crippen LogP contribution >= 0.6 is 0 Å². The third kappa shape index (κ3) is 3.98. The monoisotopic (exact) mass is 362 g/mol. The number of para-hydroxylation sites is 1. The van der Waals surface area contributed by atoms with Crippen molar-refractivity contribution >= 4 is 11.9 Å². The lowest BCUT2D eigenvalue weighted by atomic mass is 9.97. The zero-order chi connectivity index (χ0) is 19.2. The maximum absolute atomic E-state index is 12.4. The number of ether oxygens (including phenoxy) is 2. The summed E-state index contributed by atoms with van der Waals surface area (Å²) in [5.74, 6) is -1.41. The fourth-order valence-corrected chi connectivity index (χ4v) is 2.73. The summed E-state index contributed by atoms with van der Waals surface area (Å²) < 4.78 is 10.1. The number of methoxy groups -OCH3 is 1. The lowest BCUT2D eigenvalue weighted by Crippen LogP contribution is -2.07. The Kier molecular flexibility index (Phi) is 5.52. The third-order valence-corrected chi connectivity index (χ3v) is 4.09. The van der Waals surface area contributed by atoms with Crippen molar-refractivity contribution in [1.82, 2.24) is 0 Å². The Morgan fingerprint density at radius 3 is 2.15 bits per heavy atom. The first-order chi connectivity index (χ1) is 13.1. The highest BCUT2D eigenvalue weighted by molar-refractivity contribution is 6.01. The van der Waals surface area contributed by atoms with Crippen LogP contribution in [0.15, 0.2) is 72.8 Å². The molecule has 0 aliphatic carbocycles. The van der Waals surface area contributed by atoms with Crippen LogP contribution in [-0.4, -0.2) is 24.2 Å². The topological polar surface area (TPSA) is 72.8 Å². The fraction of sp³-hybridized carbons (Fsp3) is 0.0909. The van der Waals surface area contributed by atoms with Crippen LogP contribution in [0, 0.1) is 0 Å². The molecule has 0 amide bonds. The summed E-state index contributed by atoms with van der Waals surface area (Å²) in [6.45, 7) is 0.0993. The SMILES string of the molecule is COC(=O)c1ccccc1-c1cccc(C(=O)OCc2ccccc2)c1O. The molecular weight excluding hydrogens is 344 g/mol. The van der Waals surface area contributed by atoms with E-state index in [1.54, 1.807) is 36.4 Å². The van der Waals surface area contributed by atoms with E-state index in [9.17, 15) is 14.7 Å². The summed E-state index contributed by atoms with van der Waals surface area (Å²) >= 11 is 0. The normalized spacial score (nSPS) is 10.3. The molecule has 0 radical (unpaired) electrons. The maximum Gasteiger partial charge on any atom is 0.342 e. The molecule has 3 rings (SSSR count). The molecule has 5 heteroatoms. The average Bonchev–Trinajstić information content (AvgIpc) is 2.72. The van der Waals surface area contributed by atoms with Gasteiger partial charge >= 0.3 is 11.9 Å². The molecule has 0 fully saturated rings. The van der Waals surface area contributed by atoms with Gasteiger partial charge in [0.2, 0.25) is 0 Å². The summed E-state index contributed by atoms with van der Waals surface area (Å²) in [6, 6.07) is 20.7. The second-order valence-electron chi connectivity index (χ2n) is 5.80. The summed E-state index contributed by atoms with van der Waals surface area (Å²) in [7, 11) is 1.29. The van der Waals surface area contributed by atoms with Crippen LogP contribution in [0.1, 0.15) is 26.3 Å². The minimum absolute atomic E-state index is 0.0306. The molecule has 0 aliphatic heterocycles. The van der Waals surface area contributed by atoms with E-state index >= 15 is 0 Å². The Morgan fingerprint density at radius 2 is 1.41 bits per heavy atom. The molecule has 0 aromatic heterocycles. The minimum Gasteiger partial charge on any atom is -0.506 e. The predicted molar refractivity (Wildman–Crippen MR) is 100 cm³/mol. The van der Waals surface area contributed by atoms with Crippen molar-refractivity contribution in [3.05, 3.63) is 89.5 Å². The largest absolute Gasteiger partial charge is 0.506 e. The van der Waals surface area contributed by atoms with Crippen molar-refractivity contribution in [2.24, 2.45) is 0 Å². The zero-order valence-electron chi connectivity index (χ0n) is 14.7. The van der Waals surface area contributed by atoms with Crippen molar-refractivity contribution in [1.29, 1.82) is 0 Å².